The Labute approximate surface area is 190 Å². The van der Waals surface area contributed by atoms with Gasteiger partial charge in [0, 0.05) is 36.3 Å². The van der Waals surface area contributed by atoms with Crippen molar-refractivity contribution < 1.29 is 14.3 Å². The number of benzene rings is 2. The van der Waals surface area contributed by atoms with Gasteiger partial charge in [-0.2, -0.15) is 0 Å². The zero-order valence-corrected chi connectivity index (χ0v) is 18.6. The number of thiophene rings is 1. The van der Waals surface area contributed by atoms with E-state index in [1.54, 1.807) is 0 Å². The molecule has 1 aromatic heterocycles. The summed E-state index contributed by atoms with van der Waals surface area (Å²) in [6.07, 6.45) is 0. The van der Waals surface area contributed by atoms with Gasteiger partial charge in [-0.25, -0.2) is 0 Å². The number of halogens is 1. The summed E-state index contributed by atoms with van der Waals surface area (Å²) in [4.78, 5) is 27.6. The third-order valence-electron chi connectivity index (χ3n) is 5.24. The third-order valence-corrected chi connectivity index (χ3v) is 6.92. The van der Waals surface area contributed by atoms with Crippen LogP contribution in [0.4, 0.5) is 0 Å². The van der Waals surface area contributed by atoms with Crippen LogP contribution >= 0.6 is 22.9 Å². The van der Waals surface area contributed by atoms with E-state index in [0.29, 0.717) is 16.4 Å². The molecule has 0 aliphatic carbocycles. The topological polar surface area (TPSA) is 70.7 Å². The summed E-state index contributed by atoms with van der Waals surface area (Å²) >= 11 is 7.67. The second-order valence-electron chi connectivity index (χ2n) is 7.36. The molecule has 1 fully saturated rings. The molecule has 2 N–H and O–H groups in total. The maximum absolute atomic E-state index is 12.5. The normalized spacial score (nSPS) is 14.5. The van der Waals surface area contributed by atoms with Gasteiger partial charge in [-0.15, -0.1) is 11.3 Å². The van der Waals surface area contributed by atoms with E-state index in [4.69, 9.17) is 16.3 Å². The van der Waals surface area contributed by atoms with Gasteiger partial charge in [0.2, 0.25) is 5.91 Å². The van der Waals surface area contributed by atoms with Gasteiger partial charge in [0.15, 0.2) is 0 Å². The standard InChI is InChI=1S/C23H24ClN3O3S/c24-21-18-7-3-4-8-19(18)31-22(21)23(29)26-14-20(28)25-13-16-5-1-2-6-17(16)15-27-9-11-30-12-10-27/h1-8H,9-15H2,(H,25,28)(H,26,29). The molecule has 0 atom stereocenters. The Balaban J connectivity index is 1.30. The monoisotopic (exact) mass is 457 g/mol. The fourth-order valence-corrected chi connectivity index (χ4v) is 4.97. The highest BCUT2D eigenvalue weighted by atomic mass is 35.5. The van der Waals surface area contributed by atoms with Crippen LogP contribution in [0.15, 0.2) is 48.5 Å². The molecule has 31 heavy (non-hydrogen) atoms. The van der Waals surface area contributed by atoms with Gasteiger partial charge in [0.25, 0.3) is 5.91 Å². The third kappa shape index (κ3) is 5.43. The molecule has 6 nitrogen and oxygen atoms in total. The molecule has 0 saturated carbocycles. The summed E-state index contributed by atoms with van der Waals surface area (Å²) in [7, 11) is 0. The highest BCUT2D eigenvalue weighted by Crippen LogP contribution is 2.34. The lowest BCUT2D eigenvalue weighted by Crippen LogP contribution is -2.37. The highest BCUT2D eigenvalue weighted by molar-refractivity contribution is 7.21. The summed E-state index contributed by atoms with van der Waals surface area (Å²) < 4.78 is 6.35. The maximum atomic E-state index is 12.5. The largest absolute Gasteiger partial charge is 0.379 e. The van der Waals surface area contributed by atoms with Gasteiger partial charge >= 0.3 is 0 Å². The van der Waals surface area contributed by atoms with Crippen molar-refractivity contribution in [3.63, 3.8) is 0 Å². The van der Waals surface area contributed by atoms with Crippen LogP contribution in [0, 0.1) is 0 Å². The van der Waals surface area contributed by atoms with E-state index in [9.17, 15) is 9.59 Å². The molecule has 162 valence electrons. The lowest BCUT2D eigenvalue weighted by molar-refractivity contribution is -0.120. The number of amides is 2. The lowest BCUT2D eigenvalue weighted by atomic mass is 10.1. The number of ether oxygens (including phenoxy) is 1. The van der Waals surface area contributed by atoms with Crippen molar-refractivity contribution in [3.05, 3.63) is 69.6 Å². The molecule has 2 amide bonds. The first-order valence-electron chi connectivity index (χ1n) is 10.2. The van der Waals surface area contributed by atoms with Gasteiger partial charge < -0.3 is 15.4 Å². The number of hydrogen-bond acceptors (Lipinski definition) is 5. The minimum absolute atomic E-state index is 0.102. The quantitative estimate of drug-likeness (QED) is 0.570. The number of carbonyl (C=O) groups is 2. The van der Waals surface area contributed by atoms with Crippen LogP contribution in [0.5, 0.6) is 0 Å². The Morgan fingerprint density at radius 1 is 1.00 bits per heavy atom. The smallest absolute Gasteiger partial charge is 0.263 e. The molecular weight excluding hydrogens is 434 g/mol. The Bertz CT molecular complexity index is 1080. The van der Waals surface area contributed by atoms with Gasteiger partial charge in [0.05, 0.1) is 24.8 Å². The van der Waals surface area contributed by atoms with E-state index < -0.39 is 0 Å². The van der Waals surface area contributed by atoms with E-state index in [-0.39, 0.29) is 18.4 Å². The minimum atomic E-state index is -0.339. The predicted molar refractivity (Wildman–Crippen MR) is 124 cm³/mol. The SMILES string of the molecule is O=C(CNC(=O)c1sc2ccccc2c1Cl)NCc1ccccc1CN1CCOCC1. The first kappa shape index (κ1) is 21.8. The fraction of sp³-hybridized carbons (Fsp3) is 0.304. The Hall–Kier alpha value is -2.45. The van der Waals surface area contributed by atoms with Crippen LogP contribution < -0.4 is 10.6 Å². The molecule has 1 saturated heterocycles. The molecule has 2 aromatic carbocycles. The molecular formula is C23H24ClN3O3S. The van der Waals surface area contributed by atoms with E-state index >= 15 is 0 Å². The Kier molecular flexibility index (Phi) is 7.19. The summed E-state index contributed by atoms with van der Waals surface area (Å²) in [5.41, 5.74) is 2.26. The fourth-order valence-electron chi connectivity index (χ4n) is 3.54. The van der Waals surface area contributed by atoms with E-state index in [2.05, 4.69) is 21.6 Å². The first-order valence-corrected chi connectivity index (χ1v) is 11.4. The molecule has 0 unspecified atom stereocenters. The van der Waals surface area contributed by atoms with Crippen molar-refractivity contribution in [1.82, 2.24) is 15.5 Å². The second kappa shape index (κ2) is 10.2. The summed E-state index contributed by atoms with van der Waals surface area (Å²) in [6, 6.07) is 15.7. The molecule has 3 aromatic rings. The van der Waals surface area contributed by atoms with E-state index in [1.807, 2.05) is 42.5 Å². The second-order valence-corrected chi connectivity index (χ2v) is 8.79. The molecule has 0 bridgehead atoms. The van der Waals surface area contributed by atoms with Crippen LogP contribution in [-0.4, -0.2) is 49.6 Å². The zero-order valence-electron chi connectivity index (χ0n) is 17.0. The van der Waals surface area contributed by atoms with Crippen molar-refractivity contribution in [3.8, 4) is 0 Å². The molecule has 1 aliphatic rings. The average molecular weight is 458 g/mol. The summed E-state index contributed by atoms with van der Waals surface area (Å²) in [6.45, 7) is 4.47. The summed E-state index contributed by atoms with van der Waals surface area (Å²) in [5.74, 6) is -0.583. The van der Waals surface area contributed by atoms with Crippen LogP contribution in [0.3, 0.4) is 0 Å². The number of rotatable bonds is 7. The molecule has 1 aliphatic heterocycles. The number of morpholine rings is 1. The minimum Gasteiger partial charge on any atom is -0.379 e. The predicted octanol–water partition coefficient (Wildman–Crippen LogP) is 3.43. The van der Waals surface area contributed by atoms with Crippen molar-refractivity contribution in [2.45, 2.75) is 13.1 Å². The Morgan fingerprint density at radius 3 is 2.48 bits per heavy atom. The van der Waals surface area contributed by atoms with Gasteiger partial charge in [-0.1, -0.05) is 54.1 Å². The Morgan fingerprint density at radius 2 is 1.71 bits per heavy atom. The van der Waals surface area contributed by atoms with Crippen LogP contribution in [0.25, 0.3) is 10.1 Å². The van der Waals surface area contributed by atoms with Gasteiger partial charge in [-0.05, 0) is 17.2 Å². The van der Waals surface area contributed by atoms with Crippen molar-refractivity contribution >= 4 is 44.8 Å². The maximum Gasteiger partial charge on any atom is 0.263 e. The molecule has 8 heteroatoms. The van der Waals surface area contributed by atoms with Crippen LogP contribution in [0.2, 0.25) is 5.02 Å². The van der Waals surface area contributed by atoms with E-state index in [1.165, 1.54) is 16.9 Å². The average Bonchev–Trinajstić information content (AvgIpc) is 3.14. The van der Waals surface area contributed by atoms with Crippen molar-refractivity contribution in [2.24, 2.45) is 0 Å². The molecule has 2 heterocycles. The number of fused-ring (bicyclic) bond motifs is 1. The highest BCUT2D eigenvalue weighted by Gasteiger charge is 2.18. The van der Waals surface area contributed by atoms with Crippen LogP contribution in [-0.2, 0) is 22.6 Å². The number of nitrogens with zero attached hydrogens (tertiary/aromatic N) is 1. The lowest BCUT2D eigenvalue weighted by Gasteiger charge is -2.27. The summed E-state index contributed by atoms with van der Waals surface area (Å²) in [5, 5.41) is 6.84. The number of carbonyl (C=O) groups excluding carboxylic acids is 2. The zero-order chi connectivity index (χ0) is 21.6. The number of hydrogen-bond donors (Lipinski definition) is 2. The molecule has 0 radical (unpaired) electrons. The molecule has 4 rings (SSSR count). The van der Waals surface area contributed by atoms with Crippen molar-refractivity contribution in [2.75, 3.05) is 32.8 Å². The van der Waals surface area contributed by atoms with Crippen LogP contribution in [0.1, 0.15) is 20.8 Å². The van der Waals surface area contributed by atoms with E-state index in [0.717, 1.165) is 48.5 Å². The number of nitrogens with one attached hydrogen (secondary N) is 2. The van der Waals surface area contributed by atoms with Crippen molar-refractivity contribution in [1.29, 1.82) is 0 Å². The van der Waals surface area contributed by atoms with Gasteiger partial charge in [-0.3, -0.25) is 14.5 Å². The first-order chi connectivity index (χ1) is 15.1. The van der Waals surface area contributed by atoms with Gasteiger partial charge in [0.1, 0.15) is 4.88 Å². The molecule has 0 spiro atoms.